The van der Waals surface area contributed by atoms with Gasteiger partial charge in [-0.2, -0.15) is 10.4 Å². The van der Waals surface area contributed by atoms with E-state index in [-0.39, 0.29) is 12.4 Å². The van der Waals surface area contributed by atoms with Gasteiger partial charge in [0.05, 0.1) is 17.3 Å². The molecule has 0 aliphatic carbocycles. The number of carbonyl (C=O) groups is 2. The summed E-state index contributed by atoms with van der Waals surface area (Å²) in [4.78, 5) is 24.3. The normalized spacial score (nSPS) is 10.3. The first kappa shape index (κ1) is 21.7. The van der Waals surface area contributed by atoms with Crippen molar-refractivity contribution in [2.75, 3.05) is 6.61 Å². The predicted molar refractivity (Wildman–Crippen MR) is 118 cm³/mol. The molecule has 8 heteroatoms. The molecule has 0 aromatic heterocycles. The fourth-order valence-electron chi connectivity index (χ4n) is 2.48. The second kappa shape index (κ2) is 10.7. The molecule has 1 amide bonds. The monoisotopic (exact) mass is 477 g/mol. The minimum atomic E-state index is -0.512. The highest BCUT2D eigenvalue weighted by Crippen LogP contribution is 2.23. The van der Waals surface area contributed by atoms with Gasteiger partial charge in [0.2, 0.25) is 0 Å². The lowest BCUT2D eigenvalue weighted by Gasteiger charge is -2.08. The lowest BCUT2D eigenvalue weighted by atomic mass is 10.2. The number of ether oxygens (including phenoxy) is 2. The third kappa shape index (κ3) is 6.26. The van der Waals surface area contributed by atoms with Crippen LogP contribution in [0.3, 0.4) is 0 Å². The Morgan fingerprint density at radius 2 is 1.77 bits per heavy atom. The first-order chi connectivity index (χ1) is 15.1. The molecule has 0 bridgehead atoms. The maximum atomic E-state index is 12.3. The lowest BCUT2D eigenvalue weighted by molar-refractivity contribution is -0.123. The Kier molecular flexibility index (Phi) is 7.51. The van der Waals surface area contributed by atoms with Crippen LogP contribution in [0.2, 0.25) is 0 Å². The van der Waals surface area contributed by atoms with Crippen molar-refractivity contribution in [3.05, 3.63) is 94.0 Å². The fraction of sp³-hybridized carbons (Fsp3) is 0.0435. The molecule has 3 aromatic rings. The molecular weight excluding hydrogens is 462 g/mol. The molecule has 7 nitrogen and oxygen atoms in total. The molecule has 0 aliphatic heterocycles. The van der Waals surface area contributed by atoms with E-state index in [1.54, 1.807) is 72.8 Å². The summed E-state index contributed by atoms with van der Waals surface area (Å²) in [5.74, 6) is -0.423. The SMILES string of the molecule is N#Cc1ccccc1OCC(=O)N/N=C\c1cc(Br)ccc1OC(=O)c1ccccc1. The molecule has 154 valence electrons. The van der Waals surface area contributed by atoms with Gasteiger partial charge in [0.15, 0.2) is 6.61 Å². The van der Waals surface area contributed by atoms with Crippen molar-refractivity contribution in [1.82, 2.24) is 5.43 Å². The Bertz CT molecular complexity index is 1160. The summed E-state index contributed by atoms with van der Waals surface area (Å²) >= 11 is 3.36. The van der Waals surface area contributed by atoms with Crippen molar-refractivity contribution in [3.63, 3.8) is 0 Å². The molecular formula is C23H16BrN3O4. The van der Waals surface area contributed by atoms with Gasteiger partial charge in [0.1, 0.15) is 17.6 Å². The van der Waals surface area contributed by atoms with E-state index in [0.29, 0.717) is 22.4 Å². The molecule has 3 rings (SSSR count). The van der Waals surface area contributed by atoms with E-state index in [4.69, 9.17) is 14.7 Å². The van der Waals surface area contributed by atoms with Gasteiger partial charge in [-0.15, -0.1) is 0 Å². The molecule has 3 aromatic carbocycles. The smallest absolute Gasteiger partial charge is 0.343 e. The number of nitrogens with one attached hydrogen (secondary N) is 1. The van der Waals surface area contributed by atoms with Crippen LogP contribution >= 0.6 is 15.9 Å². The summed E-state index contributed by atoms with van der Waals surface area (Å²) < 4.78 is 11.6. The Labute approximate surface area is 187 Å². The van der Waals surface area contributed by atoms with E-state index in [0.717, 1.165) is 4.47 Å². The zero-order chi connectivity index (χ0) is 22.1. The summed E-state index contributed by atoms with van der Waals surface area (Å²) in [6, 6.07) is 22.2. The first-order valence-electron chi connectivity index (χ1n) is 9.07. The summed E-state index contributed by atoms with van der Waals surface area (Å²) in [6.07, 6.45) is 1.36. The molecule has 0 atom stereocenters. The molecule has 0 heterocycles. The van der Waals surface area contributed by atoms with Gasteiger partial charge in [-0.1, -0.05) is 46.3 Å². The minimum absolute atomic E-state index is 0.286. The van der Waals surface area contributed by atoms with Crippen LogP contribution in [0.1, 0.15) is 21.5 Å². The van der Waals surface area contributed by atoms with Crippen molar-refractivity contribution < 1.29 is 19.1 Å². The van der Waals surface area contributed by atoms with Crippen LogP contribution in [-0.2, 0) is 4.79 Å². The topological polar surface area (TPSA) is 101 Å². The van der Waals surface area contributed by atoms with E-state index in [1.807, 2.05) is 6.07 Å². The number of halogens is 1. The Morgan fingerprint density at radius 1 is 1.03 bits per heavy atom. The maximum Gasteiger partial charge on any atom is 0.343 e. The Morgan fingerprint density at radius 3 is 2.55 bits per heavy atom. The largest absolute Gasteiger partial charge is 0.482 e. The highest BCUT2D eigenvalue weighted by molar-refractivity contribution is 9.10. The van der Waals surface area contributed by atoms with Crippen LogP contribution < -0.4 is 14.9 Å². The van der Waals surface area contributed by atoms with Gasteiger partial charge in [-0.05, 0) is 42.5 Å². The van der Waals surface area contributed by atoms with Crippen molar-refractivity contribution in [2.24, 2.45) is 5.10 Å². The molecule has 0 unspecified atom stereocenters. The van der Waals surface area contributed by atoms with Crippen molar-refractivity contribution in [1.29, 1.82) is 5.26 Å². The third-order valence-electron chi connectivity index (χ3n) is 3.94. The van der Waals surface area contributed by atoms with Gasteiger partial charge < -0.3 is 9.47 Å². The number of hydrogen-bond donors (Lipinski definition) is 1. The van der Waals surface area contributed by atoms with E-state index in [2.05, 4.69) is 26.5 Å². The number of rotatable bonds is 7. The number of amides is 1. The van der Waals surface area contributed by atoms with Crippen molar-refractivity contribution in [2.45, 2.75) is 0 Å². The number of nitriles is 1. The molecule has 0 fully saturated rings. The maximum absolute atomic E-state index is 12.3. The van der Waals surface area contributed by atoms with E-state index >= 15 is 0 Å². The zero-order valence-corrected chi connectivity index (χ0v) is 17.7. The summed E-state index contributed by atoms with van der Waals surface area (Å²) in [6.45, 7) is -0.315. The summed E-state index contributed by atoms with van der Waals surface area (Å²) in [5, 5.41) is 12.9. The molecule has 0 radical (unpaired) electrons. The van der Waals surface area contributed by atoms with Crippen LogP contribution in [0.5, 0.6) is 11.5 Å². The Hall–Kier alpha value is -3.96. The molecule has 0 spiro atoms. The van der Waals surface area contributed by atoms with Crippen molar-refractivity contribution in [3.8, 4) is 17.6 Å². The van der Waals surface area contributed by atoms with E-state index in [9.17, 15) is 9.59 Å². The predicted octanol–water partition coefficient (Wildman–Crippen LogP) is 4.07. The summed E-state index contributed by atoms with van der Waals surface area (Å²) in [5.41, 5.74) is 3.56. The van der Waals surface area contributed by atoms with Crippen LogP contribution in [0.25, 0.3) is 0 Å². The lowest BCUT2D eigenvalue weighted by Crippen LogP contribution is -2.24. The van der Waals surface area contributed by atoms with Gasteiger partial charge in [-0.25, -0.2) is 10.2 Å². The number of esters is 1. The number of para-hydroxylation sites is 1. The summed E-state index contributed by atoms with van der Waals surface area (Å²) in [7, 11) is 0. The van der Waals surface area contributed by atoms with Gasteiger partial charge in [-0.3, -0.25) is 4.79 Å². The van der Waals surface area contributed by atoms with Crippen molar-refractivity contribution >= 4 is 34.0 Å². The van der Waals surface area contributed by atoms with Crippen LogP contribution in [-0.4, -0.2) is 24.7 Å². The average Bonchev–Trinajstić information content (AvgIpc) is 2.80. The van der Waals surface area contributed by atoms with Gasteiger partial charge in [0, 0.05) is 10.0 Å². The van der Waals surface area contributed by atoms with E-state index in [1.165, 1.54) is 6.21 Å². The standard InChI is InChI=1S/C23H16BrN3O4/c24-19-10-11-21(31-23(29)16-6-2-1-3-7-16)18(12-19)14-26-27-22(28)15-30-20-9-5-4-8-17(20)13-25/h1-12,14H,15H2,(H,27,28)/b26-14-. The highest BCUT2D eigenvalue weighted by Gasteiger charge is 2.11. The van der Waals surface area contributed by atoms with Gasteiger partial charge >= 0.3 is 5.97 Å². The molecule has 0 saturated heterocycles. The fourth-order valence-corrected chi connectivity index (χ4v) is 2.86. The average molecular weight is 478 g/mol. The molecule has 0 saturated carbocycles. The quantitative estimate of drug-likeness (QED) is 0.239. The van der Waals surface area contributed by atoms with Crippen LogP contribution in [0, 0.1) is 11.3 Å². The number of hydrazone groups is 1. The number of carbonyl (C=O) groups excluding carboxylic acids is 2. The zero-order valence-electron chi connectivity index (χ0n) is 16.1. The Balaban J connectivity index is 1.62. The molecule has 1 N–H and O–H groups in total. The third-order valence-corrected chi connectivity index (χ3v) is 4.44. The van der Waals surface area contributed by atoms with Crippen LogP contribution in [0.4, 0.5) is 0 Å². The van der Waals surface area contributed by atoms with Gasteiger partial charge in [0.25, 0.3) is 5.91 Å². The number of hydrogen-bond acceptors (Lipinski definition) is 6. The number of benzene rings is 3. The second-order valence-corrected chi connectivity index (χ2v) is 7.04. The van der Waals surface area contributed by atoms with Crippen LogP contribution in [0.15, 0.2) is 82.4 Å². The highest BCUT2D eigenvalue weighted by atomic mass is 79.9. The molecule has 0 aliphatic rings. The first-order valence-corrected chi connectivity index (χ1v) is 9.86. The number of nitrogens with zero attached hydrogens (tertiary/aromatic N) is 2. The van der Waals surface area contributed by atoms with E-state index < -0.39 is 11.9 Å². The second-order valence-electron chi connectivity index (χ2n) is 6.13. The minimum Gasteiger partial charge on any atom is -0.482 e. The molecule has 31 heavy (non-hydrogen) atoms.